The van der Waals surface area contributed by atoms with Crippen molar-refractivity contribution in [3.63, 3.8) is 0 Å². The molecule has 9 heteroatoms. The first-order valence-electron chi connectivity index (χ1n) is 46.2. The third-order valence-electron chi connectivity index (χ3n) is 30.3. The van der Waals surface area contributed by atoms with E-state index in [0.29, 0.717) is 0 Å². The molecule has 4 aliphatic heterocycles. The summed E-state index contributed by atoms with van der Waals surface area (Å²) >= 11 is 0. The van der Waals surface area contributed by atoms with Gasteiger partial charge < -0.3 is 32.0 Å². The Morgan fingerprint density at radius 1 is 0.226 bits per heavy atom. The molecule has 133 heavy (non-hydrogen) atoms. The standard InChI is InChI=1S/C124H72B2N4O3/c1-69-96-60-76-36-16-15-35-75(76)52-86(96)62-104-119(69)128(89-58-83(73-31-11-5-12-32-73)55-84(59-89)74-33-13-6-14-34-74)108-68-100-93-50-49-79(65-111(93)133-122(100)113-102-67-99-92-40-22-26-46-110(92)132-124(99)115-95-42-20-24-44-106(95)130(121(102)115)126(104)117(108)113)77-47-48-78-53-87-63-103-118(70(2)97(87)61-85(78)51-77)127(88-56-81(71-27-7-3-8-28-71)54-82(57-88)72-29-9-4-10-30-72)107-64-80-37-17-18-38-90(80)112-101-66-98-91-39-21-25-45-109(91)131-123(98)114-94-41-19-23-43-105(94)129(120(101)114)125(103)116(107)112/h3-68H,1-2H3. The average molecular weight is 1690 g/mol. The van der Waals surface area contributed by atoms with Crippen LogP contribution in [0, 0.1) is 13.8 Å². The molecule has 0 atom stereocenters. The SMILES string of the molecule is Cc1c2c(cc3cc4ccc(-c5ccc6c(c5)oc5c7c8c(cc56)N(c5cc(-c6ccccc6)cc(-c6ccccc6)c5)c5c(cc6cc9ccccc9cc6c5C)B8n5c6ccccc6c6c8oc9ccccc9c8cc-7c65)cc4cc13)B1c3c(cc4ccccc4c3-c3cc4c5ccccc5oc4c4c5ccccc5n1c34)N2c1cc(-c2ccccc2)cc(-c2ccccc2)c1. The molecule has 0 saturated heterocycles. The van der Waals surface area contributed by atoms with Crippen molar-refractivity contribution in [1.82, 2.24) is 8.96 Å². The van der Waals surface area contributed by atoms with Gasteiger partial charge in [0.1, 0.15) is 33.5 Å². The van der Waals surface area contributed by atoms with E-state index in [0.717, 1.165) is 193 Å². The number of fused-ring (bicyclic) bond motifs is 32. The van der Waals surface area contributed by atoms with Crippen LogP contribution in [-0.2, 0) is 0 Å². The van der Waals surface area contributed by atoms with E-state index < -0.39 is 0 Å². The molecule has 612 valence electrons. The van der Waals surface area contributed by atoms with E-state index in [9.17, 15) is 0 Å². The van der Waals surface area contributed by atoms with E-state index in [2.05, 4.69) is 433 Å². The number of rotatable bonds is 7. The Bertz CT molecular complexity index is 9860. The largest absolute Gasteiger partial charge is 0.455 e. The molecular weight excluding hydrogens is 1620 g/mol. The van der Waals surface area contributed by atoms with E-state index in [1.165, 1.54) is 115 Å². The maximum atomic E-state index is 7.94. The summed E-state index contributed by atoms with van der Waals surface area (Å²) in [5.74, 6) is 0. The van der Waals surface area contributed by atoms with Gasteiger partial charge in [-0.05, 0) is 289 Å². The van der Waals surface area contributed by atoms with Crippen LogP contribution in [0.25, 0.3) is 241 Å². The van der Waals surface area contributed by atoms with Crippen molar-refractivity contribution in [2.24, 2.45) is 0 Å². The van der Waals surface area contributed by atoms with Crippen molar-refractivity contribution >= 4 is 233 Å². The van der Waals surface area contributed by atoms with Crippen LogP contribution >= 0.6 is 0 Å². The summed E-state index contributed by atoms with van der Waals surface area (Å²) in [6.07, 6.45) is 0. The van der Waals surface area contributed by atoms with E-state index in [4.69, 9.17) is 13.3 Å². The summed E-state index contributed by atoms with van der Waals surface area (Å²) < 4.78 is 27.7. The van der Waals surface area contributed by atoms with E-state index in [1.54, 1.807) is 0 Å². The lowest BCUT2D eigenvalue weighted by Crippen LogP contribution is -2.57. The van der Waals surface area contributed by atoms with Crippen LogP contribution in [0.5, 0.6) is 0 Å². The van der Waals surface area contributed by atoms with Crippen LogP contribution in [0.4, 0.5) is 34.1 Å². The van der Waals surface area contributed by atoms with Gasteiger partial charge >= 0.3 is 13.7 Å². The van der Waals surface area contributed by atoms with Gasteiger partial charge in [0.2, 0.25) is 0 Å². The van der Waals surface area contributed by atoms with Crippen molar-refractivity contribution in [2.75, 3.05) is 9.80 Å². The lowest BCUT2D eigenvalue weighted by Gasteiger charge is -2.42. The summed E-state index contributed by atoms with van der Waals surface area (Å²) in [5, 5.41) is 23.0. The summed E-state index contributed by atoms with van der Waals surface area (Å²) in [6, 6.07) is 150. The first kappa shape index (κ1) is 71.9. The Labute approximate surface area is 762 Å². The lowest BCUT2D eigenvalue weighted by atomic mass is 9.44. The van der Waals surface area contributed by atoms with Crippen molar-refractivity contribution in [3.05, 3.63) is 412 Å². The Morgan fingerprint density at radius 2 is 0.617 bits per heavy atom. The van der Waals surface area contributed by atoms with Crippen LogP contribution in [0.15, 0.2) is 414 Å². The maximum absolute atomic E-state index is 7.94. The number of aromatic nitrogens is 2. The summed E-state index contributed by atoms with van der Waals surface area (Å²) in [6.45, 7) is 4.20. The number of nitrogens with zero attached hydrogens (tertiary/aromatic N) is 4. The summed E-state index contributed by atoms with van der Waals surface area (Å²) in [7, 11) is 0. The zero-order chi connectivity index (χ0) is 86.6. The number of furan rings is 3. The normalized spacial score (nSPS) is 13.1. The highest BCUT2D eigenvalue weighted by Gasteiger charge is 2.49. The predicted octanol–water partition coefficient (Wildman–Crippen LogP) is 31.2. The topological polar surface area (TPSA) is 55.8 Å². The first-order chi connectivity index (χ1) is 65.8. The van der Waals surface area contributed by atoms with Gasteiger partial charge in [-0.1, -0.05) is 273 Å². The molecule has 31 rings (SSSR count). The molecule has 4 aliphatic rings. The monoisotopic (exact) mass is 1690 g/mol. The second kappa shape index (κ2) is 26.3. The van der Waals surface area contributed by atoms with Crippen LogP contribution in [0.2, 0.25) is 0 Å². The number of hydrogen-bond donors (Lipinski definition) is 0. The number of para-hydroxylation sites is 4. The van der Waals surface area contributed by atoms with Crippen molar-refractivity contribution in [2.45, 2.75) is 13.8 Å². The molecule has 5 aromatic heterocycles. The fourth-order valence-electron chi connectivity index (χ4n) is 24.7. The third kappa shape index (κ3) is 9.78. The fourth-order valence-corrected chi connectivity index (χ4v) is 24.7. The minimum absolute atomic E-state index is 0.247. The number of aryl methyl sites for hydroxylation is 2. The predicted molar refractivity (Wildman–Crippen MR) is 560 cm³/mol. The molecule has 22 aromatic carbocycles. The minimum atomic E-state index is -0.319. The molecule has 0 amide bonds. The van der Waals surface area contributed by atoms with Gasteiger partial charge in [-0.25, -0.2) is 0 Å². The highest BCUT2D eigenvalue weighted by atomic mass is 16.3. The summed E-state index contributed by atoms with van der Waals surface area (Å²) in [4.78, 5) is 5.30. The second-order valence-corrected chi connectivity index (χ2v) is 37.2. The van der Waals surface area contributed by atoms with Gasteiger partial charge in [0.05, 0.1) is 10.8 Å². The molecule has 0 saturated carbocycles. The zero-order valence-corrected chi connectivity index (χ0v) is 72.3. The van der Waals surface area contributed by atoms with Gasteiger partial charge in [-0.2, -0.15) is 0 Å². The molecule has 0 aliphatic carbocycles. The number of hydrogen-bond acceptors (Lipinski definition) is 5. The van der Waals surface area contributed by atoms with Gasteiger partial charge in [0, 0.05) is 116 Å². The Kier molecular flexibility index (Phi) is 14.2. The van der Waals surface area contributed by atoms with Crippen molar-refractivity contribution in [3.8, 4) is 77.9 Å². The van der Waals surface area contributed by atoms with Crippen LogP contribution in [-0.4, -0.2) is 22.7 Å². The molecule has 9 heterocycles. The van der Waals surface area contributed by atoms with E-state index in [1.807, 2.05) is 0 Å². The molecule has 0 fully saturated rings. The van der Waals surface area contributed by atoms with Gasteiger partial charge in [0.15, 0.2) is 0 Å². The van der Waals surface area contributed by atoms with E-state index in [-0.39, 0.29) is 13.7 Å². The molecule has 0 unspecified atom stereocenters. The molecule has 0 radical (unpaired) electrons. The Morgan fingerprint density at radius 3 is 1.14 bits per heavy atom. The second-order valence-electron chi connectivity index (χ2n) is 37.2. The minimum Gasteiger partial charge on any atom is -0.455 e. The first-order valence-corrected chi connectivity index (χ1v) is 46.2. The maximum Gasteiger partial charge on any atom is 0.333 e. The van der Waals surface area contributed by atoms with Crippen LogP contribution in [0.3, 0.4) is 0 Å². The van der Waals surface area contributed by atoms with Crippen molar-refractivity contribution < 1.29 is 13.3 Å². The number of benzene rings is 22. The van der Waals surface area contributed by atoms with Gasteiger partial charge in [-0.3, -0.25) is 0 Å². The third-order valence-corrected chi connectivity index (χ3v) is 30.3. The molecular formula is C124H72B2N4O3. The molecule has 27 aromatic rings. The highest BCUT2D eigenvalue weighted by molar-refractivity contribution is 6.92. The number of anilines is 6. The zero-order valence-electron chi connectivity index (χ0n) is 72.3. The van der Waals surface area contributed by atoms with Gasteiger partial charge in [0.25, 0.3) is 0 Å². The molecule has 0 N–H and O–H groups in total. The molecule has 0 bridgehead atoms. The Hall–Kier alpha value is -17.1. The van der Waals surface area contributed by atoms with Crippen LogP contribution in [0.1, 0.15) is 11.1 Å². The lowest BCUT2D eigenvalue weighted by molar-refractivity contribution is 0.670. The van der Waals surface area contributed by atoms with Crippen LogP contribution < -0.4 is 31.7 Å². The summed E-state index contributed by atoms with van der Waals surface area (Å²) in [5.41, 5.74) is 40.0. The fraction of sp³-hybridized carbons (Fsp3) is 0.0161. The quantitative estimate of drug-likeness (QED) is 0.118. The Balaban J connectivity index is 0.649. The highest BCUT2D eigenvalue weighted by Crippen LogP contribution is 2.58. The van der Waals surface area contributed by atoms with Gasteiger partial charge in [-0.15, -0.1) is 0 Å². The average Bonchev–Trinajstić information content (AvgIpc) is 1.51. The molecule has 0 spiro atoms. The van der Waals surface area contributed by atoms with Crippen molar-refractivity contribution in [1.29, 1.82) is 0 Å². The molecule has 7 nitrogen and oxygen atoms in total. The smallest absolute Gasteiger partial charge is 0.333 e. The van der Waals surface area contributed by atoms with E-state index >= 15 is 0 Å².